The maximum Gasteiger partial charge on any atom is 0.412 e. The highest BCUT2D eigenvalue weighted by Crippen LogP contribution is 2.13. The van der Waals surface area contributed by atoms with Crippen LogP contribution < -0.4 is 10.0 Å². The van der Waals surface area contributed by atoms with Gasteiger partial charge in [0.1, 0.15) is 12.3 Å². The molecule has 2 rings (SSSR count). The summed E-state index contributed by atoms with van der Waals surface area (Å²) >= 11 is 0. The SMILES string of the molecule is CS(=O)(=O)Nc1ccc(/C=C(/NC(=O)OCc2ccccc2)C(=O)O)cc1. The van der Waals surface area contributed by atoms with Gasteiger partial charge in [-0.2, -0.15) is 0 Å². The molecule has 2 aromatic carbocycles. The van der Waals surface area contributed by atoms with Crippen LogP contribution in [0.15, 0.2) is 60.3 Å². The van der Waals surface area contributed by atoms with Crippen molar-refractivity contribution in [3.05, 3.63) is 71.4 Å². The van der Waals surface area contributed by atoms with Crippen LogP contribution in [0.4, 0.5) is 10.5 Å². The Morgan fingerprint density at radius 2 is 1.70 bits per heavy atom. The average molecular weight is 390 g/mol. The minimum absolute atomic E-state index is 0.00539. The third-order valence-electron chi connectivity index (χ3n) is 3.20. The summed E-state index contributed by atoms with van der Waals surface area (Å²) < 4.78 is 29.6. The van der Waals surface area contributed by atoms with Crippen LogP contribution in [0.3, 0.4) is 0 Å². The molecule has 0 fully saturated rings. The van der Waals surface area contributed by atoms with Gasteiger partial charge in [-0.15, -0.1) is 0 Å². The van der Waals surface area contributed by atoms with Crippen molar-refractivity contribution in [3.63, 3.8) is 0 Å². The summed E-state index contributed by atoms with van der Waals surface area (Å²) in [5.74, 6) is -1.34. The molecule has 27 heavy (non-hydrogen) atoms. The number of benzene rings is 2. The maximum atomic E-state index is 11.8. The zero-order valence-electron chi connectivity index (χ0n) is 14.4. The molecule has 0 saturated carbocycles. The van der Waals surface area contributed by atoms with Gasteiger partial charge in [-0.1, -0.05) is 42.5 Å². The highest BCUT2D eigenvalue weighted by molar-refractivity contribution is 7.92. The number of aliphatic carboxylic acids is 1. The number of nitrogens with one attached hydrogen (secondary N) is 2. The van der Waals surface area contributed by atoms with E-state index >= 15 is 0 Å². The van der Waals surface area contributed by atoms with Crippen molar-refractivity contribution >= 4 is 33.8 Å². The van der Waals surface area contributed by atoms with E-state index in [9.17, 15) is 23.1 Å². The lowest BCUT2D eigenvalue weighted by molar-refractivity contribution is -0.132. The van der Waals surface area contributed by atoms with Crippen molar-refractivity contribution in [1.82, 2.24) is 5.32 Å². The molecule has 2 aromatic rings. The lowest BCUT2D eigenvalue weighted by Gasteiger charge is -2.08. The van der Waals surface area contributed by atoms with Crippen molar-refractivity contribution in [1.29, 1.82) is 0 Å². The summed E-state index contributed by atoms with van der Waals surface area (Å²) in [5.41, 5.74) is 1.18. The van der Waals surface area contributed by atoms with E-state index in [0.717, 1.165) is 11.8 Å². The van der Waals surface area contributed by atoms with Gasteiger partial charge in [0.05, 0.1) is 6.26 Å². The Hall–Kier alpha value is -3.33. The summed E-state index contributed by atoms with van der Waals surface area (Å²) in [5, 5.41) is 11.4. The minimum atomic E-state index is -3.40. The number of carbonyl (C=O) groups excluding carboxylic acids is 1. The highest BCUT2D eigenvalue weighted by atomic mass is 32.2. The molecule has 0 aliphatic carbocycles. The van der Waals surface area contributed by atoms with Gasteiger partial charge < -0.3 is 9.84 Å². The fraction of sp³-hybridized carbons (Fsp3) is 0.111. The number of carbonyl (C=O) groups is 2. The fourth-order valence-corrected chi connectivity index (χ4v) is 2.61. The molecule has 0 unspecified atom stereocenters. The zero-order valence-corrected chi connectivity index (χ0v) is 15.2. The second-order valence-electron chi connectivity index (χ2n) is 5.55. The minimum Gasteiger partial charge on any atom is -0.477 e. The molecule has 0 heterocycles. The predicted molar refractivity (Wildman–Crippen MR) is 100 cm³/mol. The molecule has 0 atom stereocenters. The van der Waals surface area contributed by atoms with Crippen LogP contribution in [0, 0.1) is 0 Å². The molecule has 0 aliphatic heterocycles. The molecule has 0 aliphatic rings. The molecule has 142 valence electrons. The Labute approximate surface area is 156 Å². The smallest absolute Gasteiger partial charge is 0.412 e. The topological polar surface area (TPSA) is 122 Å². The fourth-order valence-electron chi connectivity index (χ4n) is 2.05. The van der Waals surface area contributed by atoms with E-state index in [0.29, 0.717) is 11.3 Å². The maximum absolute atomic E-state index is 11.8. The molecule has 0 saturated heterocycles. The van der Waals surface area contributed by atoms with Crippen molar-refractivity contribution in [2.24, 2.45) is 0 Å². The summed E-state index contributed by atoms with van der Waals surface area (Å²) in [6.07, 6.45) is 1.35. The second-order valence-corrected chi connectivity index (χ2v) is 7.29. The van der Waals surface area contributed by atoms with Gasteiger partial charge in [0.2, 0.25) is 10.0 Å². The van der Waals surface area contributed by atoms with Gasteiger partial charge in [-0.25, -0.2) is 18.0 Å². The Morgan fingerprint density at radius 1 is 1.07 bits per heavy atom. The Kier molecular flexibility index (Phi) is 6.56. The average Bonchev–Trinajstić information content (AvgIpc) is 2.60. The van der Waals surface area contributed by atoms with E-state index in [1.165, 1.54) is 30.3 Å². The number of alkyl carbamates (subject to hydrolysis) is 1. The van der Waals surface area contributed by atoms with Crippen molar-refractivity contribution in [2.45, 2.75) is 6.61 Å². The molecular formula is C18H18N2O6S. The first kappa shape index (κ1) is 20.0. The Balaban J connectivity index is 2.03. The van der Waals surface area contributed by atoms with Crippen molar-refractivity contribution in [2.75, 3.05) is 11.0 Å². The number of ether oxygens (including phenoxy) is 1. The standard InChI is InChI=1S/C18H18N2O6S/c1-27(24,25)20-15-9-7-13(8-10-15)11-16(17(21)22)19-18(23)26-12-14-5-3-2-4-6-14/h2-11,20H,12H2,1H3,(H,19,23)(H,21,22)/b16-11+. The van der Waals surface area contributed by atoms with Crippen molar-refractivity contribution < 1.29 is 27.9 Å². The largest absolute Gasteiger partial charge is 0.477 e. The molecule has 8 nitrogen and oxygen atoms in total. The lowest BCUT2D eigenvalue weighted by Crippen LogP contribution is -2.27. The number of hydrogen-bond acceptors (Lipinski definition) is 5. The quantitative estimate of drug-likeness (QED) is 0.624. The number of carboxylic acid groups (broad SMARTS) is 1. The summed E-state index contributed by atoms with van der Waals surface area (Å²) in [7, 11) is -3.40. The van der Waals surface area contributed by atoms with E-state index in [4.69, 9.17) is 4.74 Å². The number of amides is 1. The molecule has 3 N–H and O–H groups in total. The van der Waals surface area contributed by atoms with Crippen LogP contribution in [-0.4, -0.2) is 31.8 Å². The van der Waals surface area contributed by atoms with Gasteiger partial charge in [0, 0.05) is 5.69 Å². The molecule has 1 amide bonds. The second kappa shape index (κ2) is 8.86. The van der Waals surface area contributed by atoms with Crippen LogP contribution in [0.1, 0.15) is 11.1 Å². The van der Waals surface area contributed by atoms with E-state index in [2.05, 4.69) is 10.0 Å². The zero-order chi connectivity index (χ0) is 19.9. The monoisotopic (exact) mass is 390 g/mol. The van der Waals surface area contributed by atoms with Gasteiger partial charge >= 0.3 is 12.1 Å². The first-order valence-electron chi connectivity index (χ1n) is 7.73. The third-order valence-corrected chi connectivity index (χ3v) is 3.81. The molecule has 0 radical (unpaired) electrons. The number of rotatable bonds is 7. The molecule has 0 bridgehead atoms. The Morgan fingerprint density at radius 3 is 2.26 bits per heavy atom. The predicted octanol–water partition coefficient (Wildman–Crippen LogP) is 2.41. The van der Waals surface area contributed by atoms with Gasteiger partial charge in [-0.3, -0.25) is 10.0 Å². The first-order chi connectivity index (χ1) is 12.7. The van der Waals surface area contributed by atoms with Gasteiger partial charge in [0.15, 0.2) is 0 Å². The molecule has 0 spiro atoms. The van der Waals surface area contributed by atoms with E-state index in [1.807, 2.05) is 6.07 Å². The van der Waals surface area contributed by atoms with E-state index < -0.39 is 22.1 Å². The lowest BCUT2D eigenvalue weighted by atomic mass is 10.2. The van der Waals surface area contributed by atoms with Crippen LogP contribution in [0.25, 0.3) is 6.08 Å². The third kappa shape index (κ3) is 7.20. The number of hydrogen-bond donors (Lipinski definition) is 3. The van der Waals surface area contributed by atoms with Crippen molar-refractivity contribution in [3.8, 4) is 0 Å². The Bertz CT molecular complexity index is 938. The van der Waals surface area contributed by atoms with E-state index in [1.54, 1.807) is 24.3 Å². The summed E-state index contributed by atoms with van der Waals surface area (Å²) in [4.78, 5) is 23.2. The number of anilines is 1. The molecule has 0 aromatic heterocycles. The first-order valence-corrected chi connectivity index (χ1v) is 9.62. The number of carboxylic acids is 1. The molecular weight excluding hydrogens is 372 g/mol. The van der Waals surface area contributed by atoms with Gasteiger partial charge in [0.25, 0.3) is 0 Å². The van der Waals surface area contributed by atoms with E-state index in [-0.39, 0.29) is 12.3 Å². The summed E-state index contributed by atoms with van der Waals surface area (Å²) in [6, 6.07) is 14.9. The highest BCUT2D eigenvalue weighted by Gasteiger charge is 2.13. The number of sulfonamides is 1. The normalized spacial score (nSPS) is 11.5. The summed E-state index contributed by atoms with van der Waals surface area (Å²) in [6.45, 7) is 0.00539. The molecule has 9 heteroatoms. The van der Waals surface area contributed by atoms with Gasteiger partial charge in [-0.05, 0) is 29.3 Å². The van der Waals surface area contributed by atoms with Crippen LogP contribution >= 0.6 is 0 Å². The van der Waals surface area contributed by atoms with Crippen LogP contribution in [0.2, 0.25) is 0 Å². The van der Waals surface area contributed by atoms with Crippen LogP contribution in [0.5, 0.6) is 0 Å². The van der Waals surface area contributed by atoms with Crippen LogP contribution in [-0.2, 0) is 26.2 Å².